The van der Waals surface area contributed by atoms with E-state index in [1.54, 1.807) is 29.5 Å². The van der Waals surface area contributed by atoms with Gasteiger partial charge < -0.3 is 9.84 Å². The van der Waals surface area contributed by atoms with E-state index in [2.05, 4.69) is 15.9 Å². The van der Waals surface area contributed by atoms with Crippen molar-refractivity contribution in [1.82, 2.24) is 0 Å². The predicted octanol–water partition coefficient (Wildman–Crippen LogP) is 4.10. The zero-order chi connectivity index (χ0) is 13.1. The molecule has 1 aromatic carbocycles. The average Bonchev–Trinajstić information content (AvgIpc) is 2.73. The van der Waals surface area contributed by atoms with Crippen molar-refractivity contribution < 1.29 is 14.6 Å². The van der Waals surface area contributed by atoms with Crippen molar-refractivity contribution in [3.63, 3.8) is 0 Å². The standard InChI is InChI=1S/C13H11BrO3S/c1-8-4-9(13(15)16)2-3-12(8)17-6-11-5-10(14)7-18-11/h2-5,7H,6H2,1H3,(H,15,16). The van der Waals surface area contributed by atoms with Crippen molar-refractivity contribution in [2.75, 3.05) is 0 Å². The minimum absolute atomic E-state index is 0.277. The molecule has 0 aliphatic heterocycles. The Balaban J connectivity index is 2.08. The monoisotopic (exact) mass is 326 g/mol. The highest BCUT2D eigenvalue weighted by Gasteiger charge is 2.07. The van der Waals surface area contributed by atoms with E-state index in [-0.39, 0.29) is 5.56 Å². The maximum Gasteiger partial charge on any atom is 0.335 e. The zero-order valence-electron chi connectivity index (χ0n) is 9.64. The molecule has 0 atom stereocenters. The number of thiophene rings is 1. The van der Waals surface area contributed by atoms with E-state index in [9.17, 15) is 4.79 Å². The van der Waals surface area contributed by atoms with Crippen molar-refractivity contribution in [1.29, 1.82) is 0 Å². The second kappa shape index (κ2) is 5.54. The highest BCUT2D eigenvalue weighted by atomic mass is 79.9. The molecule has 0 unspecified atom stereocenters. The molecule has 0 amide bonds. The van der Waals surface area contributed by atoms with E-state index < -0.39 is 5.97 Å². The van der Waals surface area contributed by atoms with Crippen LogP contribution in [0.5, 0.6) is 5.75 Å². The molecule has 0 saturated heterocycles. The third-order valence-corrected chi connectivity index (χ3v) is 4.08. The quantitative estimate of drug-likeness (QED) is 0.920. The molecule has 0 aliphatic carbocycles. The van der Waals surface area contributed by atoms with Crippen LogP contribution < -0.4 is 4.74 Å². The number of hydrogen-bond acceptors (Lipinski definition) is 3. The molecule has 0 saturated carbocycles. The molecule has 0 bridgehead atoms. The summed E-state index contributed by atoms with van der Waals surface area (Å²) in [7, 11) is 0. The van der Waals surface area contributed by atoms with Gasteiger partial charge >= 0.3 is 5.97 Å². The Morgan fingerprint density at radius 3 is 2.78 bits per heavy atom. The number of ether oxygens (including phenoxy) is 1. The number of rotatable bonds is 4. The number of aromatic carboxylic acids is 1. The third kappa shape index (κ3) is 3.11. The van der Waals surface area contributed by atoms with Crippen LogP contribution in [-0.2, 0) is 6.61 Å². The number of halogens is 1. The molecular formula is C13H11BrO3S. The lowest BCUT2D eigenvalue weighted by Crippen LogP contribution is -1.99. The van der Waals surface area contributed by atoms with Gasteiger partial charge in [-0.2, -0.15) is 0 Å². The van der Waals surface area contributed by atoms with Gasteiger partial charge in [0, 0.05) is 14.7 Å². The van der Waals surface area contributed by atoms with Gasteiger partial charge in [0.1, 0.15) is 12.4 Å². The summed E-state index contributed by atoms with van der Waals surface area (Å²) in [6, 6.07) is 6.87. The molecule has 2 aromatic rings. The van der Waals surface area contributed by atoms with Crippen LogP contribution in [0.15, 0.2) is 34.1 Å². The second-order valence-electron chi connectivity index (χ2n) is 3.81. The molecule has 1 heterocycles. The summed E-state index contributed by atoms with van der Waals surface area (Å²) >= 11 is 5.00. The molecule has 0 aliphatic rings. The van der Waals surface area contributed by atoms with E-state index in [4.69, 9.17) is 9.84 Å². The molecule has 0 fully saturated rings. The van der Waals surface area contributed by atoms with Gasteiger partial charge in [0.15, 0.2) is 0 Å². The van der Waals surface area contributed by atoms with Crippen molar-refractivity contribution in [3.8, 4) is 5.75 Å². The summed E-state index contributed by atoms with van der Waals surface area (Å²) in [5.41, 5.74) is 1.10. The van der Waals surface area contributed by atoms with Gasteiger partial charge in [0.25, 0.3) is 0 Å². The first-order valence-corrected chi connectivity index (χ1v) is 6.93. The summed E-state index contributed by atoms with van der Waals surface area (Å²) in [4.78, 5) is 11.9. The summed E-state index contributed by atoms with van der Waals surface area (Å²) in [5.74, 6) is -0.212. The van der Waals surface area contributed by atoms with Gasteiger partial charge in [0.05, 0.1) is 5.56 Å². The van der Waals surface area contributed by atoms with Crippen molar-refractivity contribution in [2.24, 2.45) is 0 Å². The van der Waals surface area contributed by atoms with E-state index in [1.165, 1.54) is 0 Å². The van der Waals surface area contributed by atoms with Crippen LogP contribution in [0.4, 0.5) is 0 Å². The maximum absolute atomic E-state index is 10.8. The molecule has 0 spiro atoms. The first kappa shape index (κ1) is 13.1. The number of aryl methyl sites for hydroxylation is 1. The first-order chi connectivity index (χ1) is 8.56. The number of benzene rings is 1. The Bertz CT molecular complexity index is 577. The SMILES string of the molecule is Cc1cc(C(=O)O)ccc1OCc1cc(Br)cs1. The van der Waals surface area contributed by atoms with Crippen molar-refractivity contribution in [2.45, 2.75) is 13.5 Å². The summed E-state index contributed by atoms with van der Waals surface area (Å²) in [6.07, 6.45) is 0. The largest absolute Gasteiger partial charge is 0.488 e. The predicted molar refractivity (Wildman–Crippen MR) is 74.5 cm³/mol. The smallest absolute Gasteiger partial charge is 0.335 e. The fraction of sp³-hybridized carbons (Fsp3) is 0.154. The normalized spacial score (nSPS) is 10.3. The van der Waals surface area contributed by atoms with E-state index in [0.29, 0.717) is 12.4 Å². The lowest BCUT2D eigenvalue weighted by molar-refractivity contribution is 0.0696. The van der Waals surface area contributed by atoms with E-state index >= 15 is 0 Å². The van der Waals surface area contributed by atoms with Crippen LogP contribution in [0.2, 0.25) is 0 Å². The molecule has 18 heavy (non-hydrogen) atoms. The molecule has 94 valence electrons. The molecule has 0 radical (unpaired) electrons. The highest BCUT2D eigenvalue weighted by molar-refractivity contribution is 9.10. The Morgan fingerprint density at radius 1 is 1.44 bits per heavy atom. The third-order valence-electron chi connectivity index (χ3n) is 2.41. The van der Waals surface area contributed by atoms with E-state index in [0.717, 1.165) is 14.9 Å². The molecular weight excluding hydrogens is 316 g/mol. The van der Waals surface area contributed by atoms with Crippen LogP contribution >= 0.6 is 27.3 Å². The van der Waals surface area contributed by atoms with Gasteiger partial charge in [-0.25, -0.2) is 4.79 Å². The van der Waals surface area contributed by atoms with Gasteiger partial charge in [0.2, 0.25) is 0 Å². The Labute approximate surface area is 117 Å². The first-order valence-electron chi connectivity index (χ1n) is 5.26. The summed E-state index contributed by atoms with van der Waals surface area (Å²) in [6.45, 7) is 2.33. The van der Waals surface area contributed by atoms with Gasteiger partial charge in [-0.15, -0.1) is 11.3 Å². The summed E-state index contributed by atoms with van der Waals surface area (Å²) < 4.78 is 6.71. The zero-order valence-corrected chi connectivity index (χ0v) is 12.0. The van der Waals surface area contributed by atoms with Gasteiger partial charge in [-0.05, 0) is 52.7 Å². The molecule has 2 rings (SSSR count). The number of carbonyl (C=O) groups is 1. The van der Waals surface area contributed by atoms with Crippen molar-refractivity contribution in [3.05, 3.63) is 50.1 Å². The van der Waals surface area contributed by atoms with Crippen LogP contribution in [0.3, 0.4) is 0 Å². The lowest BCUT2D eigenvalue weighted by atomic mass is 10.1. The fourth-order valence-corrected chi connectivity index (χ4v) is 2.88. The summed E-state index contributed by atoms with van der Waals surface area (Å²) in [5, 5.41) is 10.9. The fourth-order valence-electron chi connectivity index (χ4n) is 1.52. The Hall–Kier alpha value is -1.33. The van der Waals surface area contributed by atoms with Crippen LogP contribution in [0.25, 0.3) is 0 Å². The molecule has 3 nitrogen and oxygen atoms in total. The topological polar surface area (TPSA) is 46.5 Å². The highest BCUT2D eigenvalue weighted by Crippen LogP contribution is 2.24. The maximum atomic E-state index is 10.8. The number of carboxylic acid groups (broad SMARTS) is 1. The van der Waals surface area contributed by atoms with E-state index in [1.807, 2.05) is 18.4 Å². The Morgan fingerprint density at radius 2 is 2.22 bits per heavy atom. The average molecular weight is 327 g/mol. The minimum Gasteiger partial charge on any atom is -0.488 e. The van der Waals surface area contributed by atoms with Crippen molar-refractivity contribution >= 4 is 33.2 Å². The van der Waals surface area contributed by atoms with Crippen LogP contribution in [0, 0.1) is 6.92 Å². The molecule has 1 N–H and O–H groups in total. The number of hydrogen-bond donors (Lipinski definition) is 1. The Kier molecular flexibility index (Phi) is 4.04. The van der Waals surface area contributed by atoms with Crippen LogP contribution in [0.1, 0.15) is 20.8 Å². The van der Waals surface area contributed by atoms with Crippen LogP contribution in [-0.4, -0.2) is 11.1 Å². The molecule has 1 aromatic heterocycles. The lowest BCUT2D eigenvalue weighted by Gasteiger charge is -2.08. The second-order valence-corrected chi connectivity index (χ2v) is 5.72. The van der Waals surface area contributed by atoms with Gasteiger partial charge in [-0.3, -0.25) is 0 Å². The number of carboxylic acids is 1. The van der Waals surface area contributed by atoms with Gasteiger partial charge in [-0.1, -0.05) is 0 Å². The molecule has 5 heteroatoms. The minimum atomic E-state index is -0.924.